The third-order valence-electron chi connectivity index (χ3n) is 4.13. The SMILES string of the molecule is O=Cc1ccc2ccc3c(OCCO)ccc4ccc1c2c43. The Bertz CT molecular complexity index is 988. The first kappa shape index (κ1) is 13.0. The molecule has 0 saturated heterocycles. The zero-order valence-corrected chi connectivity index (χ0v) is 11.9. The molecule has 0 bridgehead atoms. The predicted molar refractivity (Wildman–Crippen MR) is 88.1 cm³/mol. The van der Waals surface area contributed by atoms with E-state index in [1.807, 2.05) is 48.5 Å². The molecule has 1 N–H and O–H groups in total. The second-order valence-electron chi connectivity index (χ2n) is 5.33. The Morgan fingerprint density at radius 3 is 2.23 bits per heavy atom. The highest BCUT2D eigenvalue weighted by molar-refractivity contribution is 6.26. The number of rotatable bonds is 4. The number of hydrogen-bond acceptors (Lipinski definition) is 3. The lowest BCUT2D eigenvalue weighted by Gasteiger charge is -2.15. The minimum atomic E-state index is -0.0166. The van der Waals surface area contributed by atoms with Gasteiger partial charge in [-0.25, -0.2) is 0 Å². The lowest BCUT2D eigenvalue weighted by molar-refractivity contribution is 0.112. The molecule has 4 aromatic carbocycles. The molecule has 4 rings (SSSR count). The Labute approximate surface area is 127 Å². The van der Waals surface area contributed by atoms with Crippen molar-refractivity contribution in [2.45, 2.75) is 0 Å². The monoisotopic (exact) mass is 290 g/mol. The fraction of sp³-hybridized carbons (Fsp3) is 0.105. The summed E-state index contributed by atoms with van der Waals surface area (Å²) in [6.45, 7) is 0.251. The van der Waals surface area contributed by atoms with Crippen LogP contribution in [0.25, 0.3) is 32.3 Å². The van der Waals surface area contributed by atoms with E-state index in [2.05, 4.69) is 0 Å². The molecule has 0 unspecified atom stereocenters. The molecule has 0 saturated carbocycles. The van der Waals surface area contributed by atoms with Crippen LogP contribution in [0.15, 0.2) is 48.5 Å². The molecular weight excluding hydrogens is 276 g/mol. The van der Waals surface area contributed by atoms with Crippen molar-refractivity contribution in [2.24, 2.45) is 0 Å². The van der Waals surface area contributed by atoms with E-state index in [1.165, 1.54) is 0 Å². The largest absolute Gasteiger partial charge is 0.491 e. The van der Waals surface area contributed by atoms with E-state index in [4.69, 9.17) is 9.84 Å². The average Bonchev–Trinajstić information content (AvgIpc) is 2.58. The summed E-state index contributed by atoms with van der Waals surface area (Å²) in [7, 11) is 0. The van der Waals surface area contributed by atoms with Crippen LogP contribution in [0.5, 0.6) is 5.75 Å². The normalized spacial score (nSPS) is 11.5. The highest BCUT2D eigenvalue weighted by Gasteiger charge is 2.13. The molecule has 0 aromatic heterocycles. The van der Waals surface area contributed by atoms with Crippen LogP contribution in [0.4, 0.5) is 0 Å². The summed E-state index contributed by atoms with van der Waals surface area (Å²) >= 11 is 0. The summed E-state index contributed by atoms with van der Waals surface area (Å²) in [6.07, 6.45) is 0.898. The van der Waals surface area contributed by atoms with Crippen LogP contribution in [-0.4, -0.2) is 24.6 Å². The van der Waals surface area contributed by atoms with Gasteiger partial charge in [0.15, 0.2) is 6.29 Å². The Morgan fingerprint density at radius 1 is 0.864 bits per heavy atom. The topological polar surface area (TPSA) is 46.5 Å². The summed E-state index contributed by atoms with van der Waals surface area (Å²) in [5.41, 5.74) is 0.698. The maximum atomic E-state index is 11.3. The zero-order chi connectivity index (χ0) is 15.1. The van der Waals surface area contributed by atoms with E-state index in [9.17, 15) is 4.79 Å². The van der Waals surface area contributed by atoms with Crippen LogP contribution < -0.4 is 4.74 Å². The van der Waals surface area contributed by atoms with Gasteiger partial charge < -0.3 is 9.84 Å². The van der Waals surface area contributed by atoms with E-state index in [1.54, 1.807) is 0 Å². The van der Waals surface area contributed by atoms with Crippen LogP contribution in [0.1, 0.15) is 10.4 Å². The summed E-state index contributed by atoms with van der Waals surface area (Å²) in [5, 5.41) is 15.4. The Hall–Kier alpha value is -2.65. The lowest BCUT2D eigenvalue weighted by Crippen LogP contribution is -2.02. The summed E-state index contributed by atoms with van der Waals surface area (Å²) < 4.78 is 5.65. The van der Waals surface area contributed by atoms with Crippen LogP contribution in [-0.2, 0) is 0 Å². The second-order valence-corrected chi connectivity index (χ2v) is 5.33. The Balaban J connectivity index is 2.16. The molecule has 0 aliphatic carbocycles. The first-order chi connectivity index (χ1) is 10.8. The minimum Gasteiger partial charge on any atom is -0.491 e. The number of aliphatic hydroxyl groups excluding tert-OH is 1. The molecule has 0 atom stereocenters. The molecule has 0 aliphatic heterocycles. The summed E-state index contributed by atoms with van der Waals surface area (Å²) in [5.74, 6) is 0.757. The van der Waals surface area contributed by atoms with Crippen LogP contribution in [0, 0.1) is 0 Å². The molecule has 0 fully saturated rings. The van der Waals surface area contributed by atoms with Gasteiger partial charge in [0.05, 0.1) is 6.61 Å². The number of benzene rings is 4. The van der Waals surface area contributed by atoms with Crippen LogP contribution in [0.2, 0.25) is 0 Å². The number of hydrogen-bond donors (Lipinski definition) is 1. The minimum absolute atomic E-state index is 0.0166. The van der Waals surface area contributed by atoms with Crippen LogP contribution >= 0.6 is 0 Å². The molecular formula is C19H14O3. The number of carbonyl (C=O) groups is 1. The molecule has 0 aliphatic rings. The number of aldehydes is 1. The van der Waals surface area contributed by atoms with Gasteiger partial charge in [0.1, 0.15) is 12.4 Å². The van der Waals surface area contributed by atoms with Crippen molar-refractivity contribution in [2.75, 3.05) is 13.2 Å². The van der Waals surface area contributed by atoms with Crippen molar-refractivity contribution in [3.05, 3.63) is 54.1 Å². The van der Waals surface area contributed by atoms with Gasteiger partial charge in [-0.05, 0) is 33.7 Å². The Morgan fingerprint density at radius 2 is 1.50 bits per heavy atom. The first-order valence-electron chi connectivity index (χ1n) is 7.23. The Kier molecular flexibility index (Phi) is 2.94. The van der Waals surface area contributed by atoms with Gasteiger partial charge in [0.25, 0.3) is 0 Å². The molecule has 4 aromatic rings. The quantitative estimate of drug-likeness (QED) is 0.460. The van der Waals surface area contributed by atoms with Gasteiger partial charge in [-0.15, -0.1) is 0 Å². The van der Waals surface area contributed by atoms with E-state index < -0.39 is 0 Å². The third kappa shape index (κ3) is 1.76. The van der Waals surface area contributed by atoms with Crippen molar-refractivity contribution in [3.63, 3.8) is 0 Å². The van der Waals surface area contributed by atoms with Gasteiger partial charge in [-0.3, -0.25) is 4.79 Å². The second kappa shape index (κ2) is 4.97. The molecule has 0 radical (unpaired) electrons. The number of carbonyl (C=O) groups excluding carboxylic acids is 1. The van der Waals surface area contributed by atoms with Gasteiger partial charge in [0.2, 0.25) is 0 Å². The van der Waals surface area contributed by atoms with Crippen molar-refractivity contribution >= 4 is 38.6 Å². The number of ether oxygens (including phenoxy) is 1. The van der Waals surface area contributed by atoms with Gasteiger partial charge in [-0.1, -0.05) is 36.4 Å². The maximum Gasteiger partial charge on any atom is 0.150 e. The molecule has 0 heterocycles. The first-order valence-corrected chi connectivity index (χ1v) is 7.23. The van der Waals surface area contributed by atoms with E-state index in [0.717, 1.165) is 44.4 Å². The molecule has 3 nitrogen and oxygen atoms in total. The zero-order valence-electron chi connectivity index (χ0n) is 11.9. The third-order valence-corrected chi connectivity index (χ3v) is 4.13. The van der Waals surface area contributed by atoms with Gasteiger partial charge in [0, 0.05) is 16.3 Å². The lowest BCUT2D eigenvalue weighted by atomic mass is 9.92. The molecule has 0 amide bonds. The predicted octanol–water partition coefficient (Wildman–Crippen LogP) is 3.77. The van der Waals surface area contributed by atoms with Gasteiger partial charge in [-0.2, -0.15) is 0 Å². The number of aliphatic hydroxyl groups is 1. The smallest absolute Gasteiger partial charge is 0.150 e. The van der Waals surface area contributed by atoms with Crippen molar-refractivity contribution in [3.8, 4) is 5.75 Å². The maximum absolute atomic E-state index is 11.3. The molecule has 0 spiro atoms. The summed E-state index contributed by atoms with van der Waals surface area (Å²) in [4.78, 5) is 11.3. The molecule has 3 heteroatoms. The average molecular weight is 290 g/mol. The van der Waals surface area contributed by atoms with E-state index >= 15 is 0 Å². The summed E-state index contributed by atoms with van der Waals surface area (Å²) in [6, 6.07) is 15.9. The van der Waals surface area contributed by atoms with Gasteiger partial charge >= 0.3 is 0 Å². The van der Waals surface area contributed by atoms with E-state index in [0.29, 0.717) is 5.56 Å². The highest BCUT2D eigenvalue weighted by Crippen LogP contribution is 2.39. The van der Waals surface area contributed by atoms with Crippen LogP contribution in [0.3, 0.4) is 0 Å². The standard InChI is InChI=1S/C19H14O3/c20-9-10-22-17-8-5-13-3-6-15-14(11-21)2-1-12-4-7-16(17)19(13)18(12)15/h1-8,11,20H,9-10H2. The van der Waals surface area contributed by atoms with Crippen molar-refractivity contribution in [1.82, 2.24) is 0 Å². The fourth-order valence-electron chi connectivity index (χ4n) is 3.18. The van der Waals surface area contributed by atoms with E-state index in [-0.39, 0.29) is 13.2 Å². The van der Waals surface area contributed by atoms with Crippen molar-refractivity contribution in [1.29, 1.82) is 0 Å². The fourth-order valence-corrected chi connectivity index (χ4v) is 3.18. The van der Waals surface area contributed by atoms with Crippen molar-refractivity contribution < 1.29 is 14.6 Å². The molecule has 22 heavy (non-hydrogen) atoms. The molecule has 108 valence electrons. The highest BCUT2D eigenvalue weighted by atomic mass is 16.5.